The predicted octanol–water partition coefficient (Wildman–Crippen LogP) is 1.76. The zero-order chi connectivity index (χ0) is 15.7. The second-order valence-electron chi connectivity index (χ2n) is 5.08. The van der Waals surface area contributed by atoms with Gasteiger partial charge in [-0.2, -0.15) is 5.10 Å². The minimum Gasteiger partial charge on any atom is -0.467 e. The van der Waals surface area contributed by atoms with Gasteiger partial charge in [-0.25, -0.2) is 0 Å². The molecule has 0 saturated carbocycles. The molecule has 2 aromatic heterocycles. The van der Waals surface area contributed by atoms with Crippen molar-refractivity contribution in [1.82, 2.24) is 15.1 Å². The van der Waals surface area contributed by atoms with Crippen molar-refractivity contribution in [3.63, 3.8) is 0 Å². The van der Waals surface area contributed by atoms with Crippen LogP contribution in [0.2, 0.25) is 0 Å². The summed E-state index contributed by atoms with van der Waals surface area (Å²) < 4.78 is 6.68. The molecule has 3 aromatic rings. The maximum absolute atomic E-state index is 12.5. The molecule has 1 amide bonds. The Kier molecular flexibility index (Phi) is 3.50. The highest BCUT2D eigenvalue weighted by Gasteiger charge is 2.16. The van der Waals surface area contributed by atoms with E-state index < -0.39 is 5.91 Å². The number of aromatic nitrogens is 2. The molecule has 1 N–H and O–H groups in total. The number of furan rings is 1. The Morgan fingerprint density at radius 1 is 1.36 bits per heavy atom. The number of carbonyl (C=O) groups is 1. The lowest BCUT2D eigenvalue weighted by molar-refractivity contribution is 0.0940. The molecular weight excluding hydrogens is 282 g/mol. The molecule has 0 radical (unpaired) electrons. The third-order valence-corrected chi connectivity index (χ3v) is 3.43. The van der Waals surface area contributed by atoms with E-state index in [4.69, 9.17) is 4.42 Å². The smallest absolute Gasteiger partial charge is 0.276 e. The summed E-state index contributed by atoms with van der Waals surface area (Å²) in [5, 5.41) is 7.22. The molecule has 0 bridgehead atoms. The summed E-state index contributed by atoms with van der Waals surface area (Å²) in [5.74, 6) is 0.0993. The number of amides is 1. The molecule has 3 rings (SSSR count). The molecule has 0 aliphatic rings. The van der Waals surface area contributed by atoms with E-state index in [2.05, 4.69) is 10.4 Å². The highest BCUT2D eigenvalue weighted by molar-refractivity contribution is 5.95. The van der Waals surface area contributed by atoms with Crippen LogP contribution in [0.5, 0.6) is 0 Å². The number of aryl methyl sites for hydroxylation is 2. The Morgan fingerprint density at radius 3 is 2.91 bits per heavy atom. The average Bonchev–Trinajstić information content (AvgIpc) is 3.01. The summed E-state index contributed by atoms with van der Waals surface area (Å²) in [7, 11) is 1.71. The third kappa shape index (κ3) is 2.50. The zero-order valence-corrected chi connectivity index (χ0v) is 12.3. The lowest BCUT2D eigenvalue weighted by Crippen LogP contribution is -2.31. The normalized spacial score (nSPS) is 10.8. The molecule has 6 heteroatoms. The van der Waals surface area contributed by atoms with Crippen LogP contribution < -0.4 is 10.7 Å². The second kappa shape index (κ2) is 5.48. The maximum Gasteiger partial charge on any atom is 0.276 e. The van der Waals surface area contributed by atoms with Gasteiger partial charge < -0.3 is 9.73 Å². The van der Waals surface area contributed by atoms with Crippen molar-refractivity contribution in [3.8, 4) is 0 Å². The third-order valence-electron chi connectivity index (χ3n) is 3.43. The van der Waals surface area contributed by atoms with Crippen LogP contribution in [0.15, 0.2) is 45.8 Å². The van der Waals surface area contributed by atoms with E-state index in [1.54, 1.807) is 25.2 Å². The molecule has 0 atom stereocenters. The first kappa shape index (κ1) is 14.1. The molecule has 0 aliphatic heterocycles. The van der Waals surface area contributed by atoms with Gasteiger partial charge in [0, 0.05) is 7.05 Å². The first-order valence-electron chi connectivity index (χ1n) is 6.84. The van der Waals surface area contributed by atoms with Crippen LogP contribution in [-0.4, -0.2) is 15.7 Å². The molecule has 0 unspecified atom stereocenters. The van der Waals surface area contributed by atoms with E-state index in [1.165, 1.54) is 10.9 Å². The van der Waals surface area contributed by atoms with Gasteiger partial charge in [-0.1, -0.05) is 11.6 Å². The fourth-order valence-electron chi connectivity index (χ4n) is 2.30. The van der Waals surface area contributed by atoms with E-state index in [0.29, 0.717) is 16.7 Å². The van der Waals surface area contributed by atoms with Crippen molar-refractivity contribution >= 4 is 16.8 Å². The summed E-state index contributed by atoms with van der Waals surface area (Å²) in [6.07, 6.45) is 1.53. The largest absolute Gasteiger partial charge is 0.467 e. The first-order valence-corrected chi connectivity index (χ1v) is 6.84. The summed E-state index contributed by atoms with van der Waals surface area (Å²) in [4.78, 5) is 24.7. The Morgan fingerprint density at radius 2 is 2.18 bits per heavy atom. The molecule has 1 aromatic carbocycles. The molecule has 22 heavy (non-hydrogen) atoms. The van der Waals surface area contributed by atoms with Gasteiger partial charge in [0.05, 0.1) is 23.7 Å². The van der Waals surface area contributed by atoms with Crippen molar-refractivity contribution in [2.45, 2.75) is 13.5 Å². The second-order valence-corrected chi connectivity index (χ2v) is 5.08. The summed E-state index contributed by atoms with van der Waals surface area (Å²) in [6.45, 7) is 2.11. The van der Waals surface area contributed by atoms with Crippen molar-refractivity contribution < 1.29 is 9.21 Å². The van der Waals surface area contributed by atoms with Crippen LogP contribution >= 0.6 is 0 Å². The number of hydrogen-bond donors (Lipinski definition) is 1. The van der Waals surface area contributed by atoms with Gasteiger partial charge in [0.1, 0.15) is 5.76 Å². The van der Waals surface area contributed by atoms with Crippen molar-refractivity contribution in [3.05, 3.63) is 63.8 Å². The minimum absolute atomic E-state index is 0.118. The molecule has 0 saturated heterocycles. The average molecular weight is 297 g/mol. The highest BCUT2D eigenvalue weighted by atomic mass is 16.3. The van der Waals surface area contributed by atoms with E-state index in [9.17, 15) is 9.59 Å². The molecule has 0 fully saturated rings. The van der Waals surface area contributed by atoms with Gasteiger partial charge in [0.2, 0.25) is 5.43 Å². The van der Waals surface area contributed by atoms with Crippen LogP contribution in [0.1, 0.15) is 21.8 Å². The molecule has 0 aliphatic carbocycles. The van der Waals surface area contributed by atoms with E-state index >= 15 is 0 Å². The Bertz CT molecular complexity index is 895. The number of fused-ring (bicyclic) bond motifs is 1. The molecule has 2 heterocycles. The predicted molar refractivity (Wildman–Crippen MR) is 81.6 cm³/mol. The fraction of sp³-hybridized carbons (Fsp3) is 0.188. The Balaban J connectivity index is 1.98. The highest BCUT2D eigenvalue weighted by Crippen LogP contribution is 2.11. The lowest BCUT2D eigenvalue weighted by atomic mass is 10.1. The van der Waals surface area contributed by atoms with Gasteiger partial charge in [-0.05, 0) is 31.2 Å². The molecule has 112 valence electrons. The number of hydrogen-bond acceptors (Lipinski definition) is 4. The lowest BCUT2D eigenvalue weighted by Gasteiger charge is -2.08. The fourth-order valence-corrected chi connectivity index (χ4v) is 2.30. The van der Waals surface area contributed by atoms with Crippen molar-refractivity contribution in [2.75, 3.05) is 0 Å². The van der Waals surface area contributed by atoms with Crippen LogP contribution in [0, 0.1) is 6.92 Å². The Hall–Kier alpha value is -2.89. The molecular formula is C16H15N3O3. The number of nitrogens with zero attached hydrogens (tertiary/aromatic N) is 2. The number of carbonyl (C=O) groups excluding carboxylic acids is 1. The van der Waals surface area contributed by atoms with E-state index in [0.717, 1.165) is 5.56 Å². The standard InChI is InChI=1S/C16H15N3O3/c1-10-5-6-13-12(8-10)15(20)14(18-19(13)2)16(21)17-9-11-4-3-7-22-11/h3-8H,9H2,1-2H3,(H,17,21). The monoisotopic (exact) mass is 297 g/mol. The van der Waals surface area contributed by atoms with Crippen LogP contribution in [0.4, 0.5) is 0 Å². The number of benzene rings is 1. The quantitative estimate of drug-likeness (QED) is 0.799. The van der Waals surface area contributed by atoms with Crippen molar-refractivity contribution in [1.29, 1.82) is 0 Å². The summed E-state index contributed by atoms with van der Waals surface area (Å²) in [6, 6.07) is 8.97. The van der Waals surface area contributed by atoms with Crippen LogP contribution in [0.3, 0.4) is 0 Å². The maximum atomic E-state index is 12.5. The van der Waals surface area contributed by atoms with E-state index in [1.807, 2.05) is 19.1 Å². The van der Waals surface area contributed by atoms with Gasteiger partial charge in [0.15, 0.2) is 5.69 Å². The molecule has 6 nitrogen and oxygen atoms in total. The first-order chi connectivity index (χ1) is 10.6. The van der Waals surface area contributed by atoms with Gasteiger partial charge in [-0.3, -0.25) is 14.3 Å². The van der Waals surface area contributed by atoms with Crippen LogP contribution in [0.25, 0.3) is 10.9 Å². The van der Waals surface area contributed by atoms with Gasteiger partial charge >= 0.3 is 0 Å². The van der Waals surface area contributed by atoms with E-state index in [-0.39, 0.29) is 17.7 Å². The number of rotatable bonds is 3. The van der Waals surface area contributed by atoms with Crippen LogP contribution in [-0.2, 0) is 13.6 Å². The summed E-state index contributed by atoms with van der Waals surface area (Å²) >= 11 is 0. The zero-order valence-electron chi connectivity index (χ0n) is 12.3. The van der Waals surface area contributed by atoms with Crippen molar-refractivity contribution in [2.24, 2.45) is 7.05 Å². The van der Waals surface area contributed by atoms with Gasteiger partial charge in [0.25, 0.3) is 5.91 Å². The van der Waals surface area contributed by atoms with Gasteiger partial charge in [-0.15, -0.1) is 0 Å². The molecule has 0 spiro atoms. The SMILES string of the molecule is Cc1ccc2c(c1)c(=O)c(C(=O)NCc1ccco1)nn2C. The topological polar surface area (TPSA) is 77.1 Å². The number of nitrogens with one attached hydrogen (secondary N) is 1. The summed E-state index contributed by atoms with van der Waals surface area (Å²) in [5.41, 5.74) is 1.16. The minimum atomic E-state index is -0.514. The Labute approximate surface area is 126 Å².